The summed E-state index contributed by atoms with van der Waals surface area (Å²) in [4.78, 5) is 12.4. The van der Waals surface area contributed by atoms with Crippen LogP contribution in [0.4, 0.5) is 4.79 Å². The molecule has 2 aromatic rings. The van der Waals surface area contributed by atoms with E-state index >= 15 is 0 Å². The Bertz CT molecular complexity index is 775. The van der Waals surface area contributed by atoms with Gasteiger partial charge in [-0.05, 0) is 48.1 Å². The number of amides is 2. The highest BCUT2D eigenvalue weighted by molar-refractivity contribution is 5.74. The van der Waals surface area contributed by atoms with E-state index in [0.29, 0.717) is 6.54 Å². The Labute approximate surface area is 147 Å². The maximum Gasteiger partial charge on any atom is 0.315 e. The third-order valence-corrected chi connectivity index (χ3v) is 4.81. The van der Waals surface area contributed by atoms with Crippen molar-refractivity contribution in [3.8, 4) is 11.5 Å². The minimum atomic E-state index is -0.139. The molecule has 1 aliphatic carbocycles. The molecule has 25 heavy (non-hydrogen) atoms. The molecule has 0 saturated heterocycles. The molecule has 0 saturated carbocycles. The number of aryl methyl sites for hydroxylation is 1. The van der Waals surface area contributed by atoms with Crippen LogP contribution in [0.5, 0.6) is 11.5 Å². The van der Waals surface area contributed by atoms with Crippen molar-refractivity contribution in [3.63, 3.8) is 0 Å². The number of hydrogen-bond acceptors (Lipinski definition) is 3. The number of hydrogen-bond donors (Lipinski definition) is 2. The van der Waals surface area contributed by atoms with Crippen LogP contribution in [0.25, 0.3) is 0 Å². The van der Waals surface area contributed by atoms with Crippen molar-refractivity contribution >= 4 is 6.03 Å². The lowest BCUT2D eigenvalue weighted by atomic mass is 9.99. The van der Waals surface area contributed by atoms with E-state index in [9.17, 15) is 4.79 Å². The Hall–Kier alpha value is -2.69. The minimum absolute atomic E-state index is 0.0791. The van der Waals surface area contributed by atoms with Gasteiger partial charge in [0, 0.05) is 6.54 Å². The first-order chi connectivity index (χ1) is 12.3. The second-order valence-corrected chi connectivity index (χ2v) is 6.51. The monoisotopic (exact) mass is 338 g/mol. The van der Waals surface area contributed by atoms with Crippen LogP contribution in [-0.4, -0.2) is 12.8 Å². The third-order valence-electron chi connectivity index (χ3n) is 4.81. The minimum Gasteiger partial charge on any atom is -0.454 e. The van der Waals surface area contributed by atoms with Crippen molar-refractivity contribution < 1.29 is 14.3 Å². The average Bonchev–Trinajstić information content (AvgIpc) is 3.01. The maximum atomic E-state index is 12.4. The number of carbonyl (C=O) groups excluding carboxylic acids is 1. The molecule has 2 aliphatic rings. The first kappa shape index (κ1) is 15.8. The number of ether oxygens (including phenoxy) is 2. The van der Waals surface area contributed by atoms with Crippen molar-refractivity contribution in [3.05, 3.63) is 59.2 Å². The lowest BCUT2D eigenvalue weighted by Crippen LogP contribution is -2.37. The standard InChI is InChI=1S/C20H22N2O3/c23-20(21-12-14-9-10-18-19(11-14)25-13-24-18)22-17-8-4-2-6-15-5-1-3-7-16(15)17/h1,3,5,7,9-11,17H,2,4,6,8,12-13H2,(H2,21,22,23). The smallest absolute Gasteiger partial charge is 0.315 e. The fourth-order valence-corrected chi connectivity index (χ4v) is 3.51. The van der Waals surface area contributed by atoms with E-state index in [1.165, 1.54) is 17.5 Å². The summed E-state index contributed by atoms with van der Waals surface area (Å²) in [6.07, 6.45) is 4.37. The molecule has 1 heterocycles. The van der Waals surface area contributed by atoms with Gasteiger partial charge in [0.05, 0.1) is 6.04 Å². The van der Waals surface area contributed by atoms with Gasteiger partial charge in [-0.25, -0.2) is 4.79 Å². The van der Waals surface area contributed by atoms with E-state index in [1.807, 2.05) is 24.3 Å². The molecule has 1 atom stereocenters. The Morgan fingerprint density at radius 2 is 1.96 bits per heavy atom. The quantitative estimate of drug-likeness (QED) is 0.839. The van der Waals surface area contributed by atoms with Gasteiger partial charge in [-0.15, -0.1) is 0 Å². The molecule has 2 amide bonds. The van der Waals surface area contributed by atoms with Crippen LogP contribution in [0.2, 0.25) is 0 Å². The number of carbonyl (C=O) groups is 1. The summed E-state index contributed by atoms with van der Waals surface area (Å²) in [6.45, 7) is 0.713. The van der Waals surface area contributed by atoms with E-state index in [4.69, 9.17) is 9.47 Å². The summed E-state index contributed by atoms with van der Waals surface area (Å²) in [5.41, 5.74) is 3.58. The van der Waals surface area contributed by atoms with Gasteiger partial charge in [-0.1, -0.05) is 36.8 Å². The molecule has 2 N–H and O–H groups in total. The number of rotatable bonds is 3. The molecule has 0 spiro atoms. The van der Waals surface area contributed by atoms with Crippen molar-refractivity contribution in [2.45, 2.75) is 38.3 Å². The van der Waals surface area contributed by atoms with E-state index in [-0.39, 0.29) is 18.9 Å². The van der Waals surface area contributed by atoms with Gasteiger partial charge >= 0.3 is 6.03 Å². The average molecular weight is 338 g/mol. The Morgan fingerprint density at radius 1 is 1.08 bits per heavy atom. The van der Waals surface area contributed by atoms with Crippen molar-refractivity contribution in [2.75, 3.05) is 6.79 Å². The number of nitrogens with one attached hydrogen (secondary N) is 2. The van der Waals surface area contributed by atoms with Gasteiger partial charge in [0.1, 0.15) is 0 Å². The number of urea groups is 1. The highest BCUT2D eigenvalue weighted by Gasteiger charge is 2.20. The summed E-state index contributed by atoms with van der Waals surface area (Å²) < 4.78 is 10.7. The molecule has 5 nitrogen and oxygen atoms in total. The molecular weight excluding hydrogens is 316 g/mol. The van der Waals surface area contributed by atoms with Gasteiger partial charge in [0.2, 0.25) is 6.79 Å². The fourth-order valence-electron chi connectivity index (χ4n) is 3.51. The molecule has 130 valence electrons. The van der Waals surface area contributed by atoms with Gasteiger partial charge in [0.15, 0.2) is 11.5 Å². The lowest BCUT2D eigenvalue weighted by molar-refractivity contribution is 0.174. The van der Waals surface area contributed by atoms with Gasteiger partial charge in [-0.3, -0.25) is 0 Å². The zero-order valence-corrected chi connectivity index (χ0v) is 14.1. The molecule has 0 bridgehead atoms. The van der Waals surface area contributed by atoms with E-state index in [1.54, 1.807) is 0 Å². The molecular formula is C20H22N2O3. The number of fused-ring (bicyclic) bond motifs is 2. The maximum absolute atomic E-state index is 12.4. The molecule has 1 aliphatic heterocycles. The van der Waals surface area contributed by atoms with Crippen LogP contribution >= 0.6 is 0 Å². The second kappa shape index (κ2) is 7.05. The molecule has 1 unspecified atom stereocenters. The lowest BCUT2D eigenvalue weighted by Gasteiger charge is -2.19. The predicted octanol–water partition coefficient (Wildman–Crippen LogP) is 3.68. The SMILES string of the molecule is O=C(NCc1ccc2c(c1)OCO2)NC1CCCCc2ccccc21. The second-order valence-electron chi connectivity index (χ2n) is 6.51. The molecule has 0 aromatic heterocycles. The predicted molar refractivity (Wildman–Crippen MR) is 94.7 cm³/mol. The van der Waals surface area contributed by atoms with E-state index < -0.39 is 0 Å². The van der Waals surface area contributed by atoms with Crippen molar-refractivity contribution in [1.29, 1.82) is 0 Å². The first-order valence-corrected chi connectivity index (χ1v) is 8.80. The summed E-state index contributed by atoms with van der Waals surface area (Å²) >= 11 is 0. The van der Waals surface area contributed by atoms with Crippen LogP contribution in [0.1, 0.15) is 42.0 Å². The van der Waals surface area contributed by atoms with Crippen LogP contribution < -0.4 is 20.1 Å². The van der Waals surface area contributed by atoms with Crippen LogP contribution in [0.3, 0.4) is 0 Å². The van der Waals surface area contributed by atoms with Gasteiger partial charge < -0.3 is 20.1 Å². The van der Waals surface area contributed by atoms with Gasteiger partial charge in [-0.2, -0.15) is 0 Å². The highest BCUT2D eigenvalue weighted by Crippen LogP contribution is 2.32. The normalized spacial score (nSPS) is 18.2. The summed E-state index contributed by atoms with van der Waals surface area (Å²) in [7, 11) is 0. The highest BCUT2D eigenvalue weighted by atomic mass is 16.7. The first-order valence-electron chi connectivity index (χ1n) is 8.80. The Kier molecular flexibility index (Phi) is 4.46. The summed E-state index contributed by atoms with van der Waals surface area (Å²) in [5.74, 6) is 1.49. The molecule has 5 heteroatoms. The van der Waals surface area contributed by atoms with Crippen LogP contribution in [0.15, 0.2) is 42.5 Å². The van der Waals surface area contributed by atoms with Crippen molar-refractivity contribution in [1.82, 2.24) is 10.6 Å². The van der Waals surface area contributed by atoms with E-state index in [0.717, 1.165) is 36.3 Å². The molecule has 0 fully saturated rings. The number of benzene rings is 2. The summed E-state index contributed by atoms with van der Waals surface area (Å²) in [5, 5.41) is 6.07. The van der Waals surface area contributed by atoms with Crippen LogP contribution in [-0.2, 0) is 13.0 Å². The Balaban J connectivity index is 1.37. The molecule has 2 aromatic carbocycles. The topological polar surface area (TPSA) is 59.6 Å². The van der Waals surface area contributed by atoms with Crippen molar-refractivity contribution in [2.24, 2.45) is 0 Å². The zero-order chi connectivity index (χ0) is 17.1. The Morgan fingerprint density at radius 3 is 2.92 bits per heavy atom. The zero-order valence-electron chi connectivity index (χ0n) is 14.1. The molecule has 4 rings (SSSR count). The van der Waals surface area contributed by atoms with Gasteiger partial charge in [0.25, 0.3) is 0 Å². The van der Waals surface area contributed by atoms with Crippen LogP contribution in [0, 0.1) is 0 Å². The largest absolute Gasteiger partial charge is 0.454 e. The van der Waals surface area contributed by atoms with E-state index in [2.05, 4.69) is 28.8 Å². The summed E-state index contributed by atoms with van der Waals surface area (Å²) in [6, 6.07) is 14.1. The molecule has 0 radical (unpaired) electrons. The fraction of sp³-hybridized carbons (Fsp3) is 0.350. The third kappa shape index (κ3) is 3.55.